The number of hydrogen-bond donors (Lipinski definition) is 1. The van der Waals surface area contributed by atoms with E-state index in [1.807, 2.05) is 38.1 Å². The zero-order chi connectivity index (χ0) is 14.5. The van der Waals surface area contributed by atoms with E-state index < -0.39 is 0 Å². The Morgan fingerprint density at radius 2 is 1.90 bits per heavy atom. The minimum atomic E-state index is -0.354. The molecule has 106 valence electrons. The van der Waals surface area contributed by atoms with Gasteiger partial charge < -0.3 is 10.1 Å². The van der Waals surface area contributed by atoms with Crippen molar-refractivity contribution >= 4 is 15.9 Å². The van der Waals surface area contributed by atoms with Gasteiger partial charge in [0.15, 0.2) is 11.6 Å². The topological polar surface area (TPSA) is 21.3 Å². The Morgan fingerprint density at radius 3 is 2.55 bits per heavy atom. The lowest BCUT2D eigenvalue weighted by Gasteiger charge is -2.10. The van der Waals surface area contributed by atoms with Gasteiger partial charge in [0.05, 0.1) is 4.47 Å². The van der Waals surface area contributed by atoms with Crippen LogP contribution in [0.15, 0.2) is 40.9 Å². The summed E-state index contributed by atoms with van der Waals surface area (Å²) in [4.78, 5) is 0. The standard InChI is InChI=1S/C16H17BrFNO/c1-3-19-10-12-5-7-16(14(18)9-12)20-15-6-4-11(2)8-13(15)17/h4-9,19H,3,10H2,1-2H3. The molecule has 0 spiro atoms. The van der Waals surface area contributed by atoms with E-state index in [0.717, 1.165) is 22.1 Å². The monoisotopic (exact) mass is 337 g/mol. The van der Waals surface area contributed by atoms with Gasteiger partial charge in [-0.2, -0.15) is 0 Å². The van der Waals surface area contributed by atoms with Crippen LogP contribution in [0, 0.1) is 12.7 Å². The Hall–Kier alpha value is -1.39. The van der Waals surface area contributed by atoms with Gasteiger partial charge in [-0.15, -0.1) is 0 Å². The van der Waals surface area contributed by atoms with Crippen molar-refractivity contribution in [2.45, 2.75) is 20.4 Å². The Labute approximate surface area is 127 Å². The maximum Gasteiger partial charge on any atom is 0.166 e. The normalized spacial score (nSPS) is 10.6. The van der Waals surface area contributed by atoms with Crippen LogP contribution in [0.2, 0.25) is 0 Å². The molecule has 20 heavy (non-hydrogen) atoms. The molecule has 2 nitrogen and oxygen atoms in total. The second-order valence-electron chi connectivity index (χ2n) is 4.58. The number of nitrogens with one attached hydrogen (secondary N) is 1. The van der Waals surface area contributed by atoms with Crippen LogP contribution < -0.4 is 10.1 Å². The van der Waals surface area contributed by atoms with Crippen molar-refractivity contribution in [1.82, 2.24) is 5.32 Å². The Bertz CT molecular complexity index is 601. The number of benzene rings is 2. The van der Waals surface area contributed by atoms with Crippen molar-refractivity contribution in [1.29, 1.82) is 0 Å². The highest BCUT2D eigenvalue weighted by Gasteiger charge is 2.08. The fraction of sp³-hybridized carbons (Fsp3) is 0.250. The number of halogens is 2. The summed E-state index contributed by atoms with van der Waals surface area (Å²) in [5, 5.41) is 3.16. The summed E-state index contributed by atoms with van der Waals surface area (Å²) in [6, 6.07) is 10.7. The molecule has 0 aliphatic heterocycles. The summed E-state index contributed by atoms with van der Waals surface area (Å²) in [5.41, 5.74) is 2.02. The van der Waals surface area contributed by atoms with Crippen LogP contribution >= 0.6 is 15.9 Å². The Balaban J connectivity index is 2.17. The second kappa shape index (κ2) is 6.86. The third-order valence-electron chi connectivity index (χ3n) is 2.88. The van der Waals surface area contributed by atoms with E-state index in [2.05, 4.69) is 21.2 Å². The molecule has 0 amide bonds. The molecular formula is C16H17BrFNO. The third-order valence-corrected chi connectivity index (χ3v) is 3.50. The number of aryl methyl sites for hydroxylation is 1. The lowest BCUT2D eigenvalue weighted by molar-refractivity contribution is 0.439. The molecule has 0 aromatic heterocycles. The fourth-order valence-corrected chi connectivity index (χ4v) is 2.39. The molecule has 0 saturated heterocycles. The van der Waals surface area contributed by atoms with Gasteiger partial charge in [0, 0.05) is 6.54 Å². The molecule has 0 aliphatic rings. The molecule has 0 saturated carbocycles. The molecule has 0 bridgehead atoms. The van der Waals surface area contributed by atoms with E-state index in [9.17, 15) is 4.39 Å². The molecule has 0 unspecified atom stereocenters. The number of hydrogen-bond acceptors (Lipinski definition) is 2. The smallest absolute Gasteiger partial charge is 0.166 e. The highest BCUT2D eigenvalue weighted by molar-refractivity contribution is 9.10. The minimum Gasteiger partial charge on any atom is -0.453 e. The summed E-state index contributed by atoms with van der Waals surface area (Å²) in [6.07, 6.45) is 0. The molecule has 2 rings (SSSR count). The molecule has 2 aromatic rings. The van der Waals surface area contributed by atoms with Crippen molar-refractivity contribution in [3.8, 4) is 11.5 Å². The van der Waals surface area contributed by atoms with Crippen molar-refractivity contribution in [3.05, 3.63) is 57.8 Å². The van der Waals surface area contributed by atoms with E-state index in [1.165, 1.54) is 6.07 Å². The van der Waals surface area contributed by atoms with E-state index in [-0.39, 0.29) is 11.6 Å². The van der Waals surface area contributed by atoms with E-state index in [0.29, 0.717) is 12.3 Å². The SMILES string of the molecule is CCNCc1ccc(Oc2ccc(C)cc2Br)c(F)c1. The zero-order valence-electron chi connectivity index (χ0n) is 11.5. The van der Waals surface area contributed by atoms with Crippen LogP contribution in [-0.4, -0.2) is 6.54 Å². The summed E-state index contributed by atoms with van der Waals surface area (Å²) in [5.74, 6) is 0.483. The predicted octanol–water partition coefficient (Wildman–Crippen LogP) is 4.80. The highest BCUT2D eigenvalue weighted by atomic mass is 79.9. The van der Waals surface area contributed by atoms with Crippen molar-refractivity contribution in [2.24, 2.45) is 0 Å². The fourth-order valence-electron chi connectivity index (χ4n) is 1.81. The summed E-state index contributed by atoms with van der Waals surface area (Å²) in [6.45, 7) is 5.52. The number of rotatable bonds is 5. The lowest BCUT2D eigenvalue weighted by atomic mass is 10.2. The Morgan fingerprint density at radius 1 is 1.15 bits per heavy atom. The minimum absolute atomic E-state index is 0.231. The quantitative estimate of drug-likeness (QED) is 0.846. The maximum absolute atomic E-state index is 14.0. The maximum atomic E-state index is 14.0. The molecular weight excluding hydrogens is 321 g/mol. The average Bonchev–Trinajstić information content (AvgIpc) is 2.42. The van der Waals surface area contributed by atoms with Crippen LogP contribution in [0.1, 0.15) is 18.1 Å². The molecule has 0 fully saturated rings. The number of ether oxygens (including phenoxy) is 1. The van der Waals surface area contributed by atoms with Crippen LogP contribution in [0.25, 0.3) is 0 Å². The van der Waals surface area contributed by atoms with Crippen LogP contribution in [0.5, 0.6) is 11.5 Å². The van der Waals surface area contributed by atoms with Gasteiger partial charge in [-0.3, -0.25) is 0 Å². The first-order chi connectivity index (χ1) is 9.60. The van der Waals surface area contributed by atoms with Gasteiger partial charge >= 0.3 is 0 Å². The molecule has 0 aliphatic carbocycles. The van der Waals surface area contributed by atoms with Crippen LogP contribution in [-0.2, 0) is 6.54 Å². The summed E-state index contributed by atoms with van der Waals surface area (Å²) >= 11 is 3.42. The van der Waals surface area contributed by atoms with Gasteiger partial charge in [-0.05, 0) is 64.8 Å². The zero-order valence-corrected chi connectivity index (χ0v) is 13.1. The molecule has 0 radical (unpaired) electrons. The first-order valence-electron chi connectivity index (χ1n) is 6.53. The van der Waals surface area contributed by atoms with E-state index in [4.69, 9.17) is 4.74 Å². The van der Waals surface area contributed by atoms with Crippen molar-refractivity contribution in [2.75, 3.05) is 6.54 Å². The van der Waals surface area contributed by atoms with Crippen molar-refractivity contribution < 1.29 is 9.13 Å². The average molecular weight is 338 g/mol. The molecule has 2 aromatic carbocycles. The first kappa shape index (κ1) is 15.0. The largest absolute Gasteiger partial charge is 0.453 e. The van der Waals surface area contributed by atoms with E-state index in [1.54, 1.807) is 6.07 Å². The van der Waals surface area contributed by atoms with Gasteiger partial charge in [0.1, 0.15) is 5.75 Å². The second-order valence-corrected chi connectivity index (χ2v) is 5.44. The Kier molecular flexibility index (Phi) is 5.15. The molecule has 0 heterocycles. The predicted molar refractivity (Wildman–Crippen MR) is 82.7 cm³/mol. The third kappa shape index (κ3) is 3.81. The van der Waals surface area contributed by atoms with Crippen molar-refractivity contribution in [3.63, 3.8) is 0 Å². The lowest BCUT2D eigenvalue weighted by Crippen LogP contribution is -2.11. The van der Waals surface area contributed by atoms with Crippen LogP contribution in [0.4, 0.5) is 4.39 Å². The summed E-state index contributed by atoms with van der Waals surface area (Å²) < 4.78 is 20.4. The highest BCUT2D eigenvalue weighted by Crippen LogP contribution is 2.31. The van der Waals surface area contributed by atoms with Gasteiger partial charge in [-0.1, -0.05) is 19.1 Å². The molecule has 0 atom stereocenters. The first-order valence-corrected chi connectivity index (χ1v) is 7.32. The van der Waals surface area contributed by atoms with Crippen LogP contribution in [0.3, 0.4) is 0 Å². The van der Waals surface area contributed by atoms with Gasteiger partial charge in [0.2, 0.25) is 0 Å². The van der Waals surface area contributed by atoms with Gasteiger partial charge in [0.25, 0.3) is 0 Å². The van der Waals surface area contributed by atoms with Gasteiger partial charge in [-0.25, -0.2) is 4.39 Å². The summed E-state index contributed by atoms with van der Waals surface area (Å²) in [7, 11) is 0. The van der Waals surface area contributed by atoms with E-state index >= 15 is 0 Å². The molecule has 1 N–H and O–H groups in total. The molecule has 4 heteroatoms.